The third-order valence-electron chi connectivity index (χ3n) is 8.59. The minimum atomic E-state index is -2.08. The fraction of sp³-hybridized carbons (Fsp3) is 0.548. The highest BCUT2D eigenvalue weighted by atomic mass is 28.4. The summed E-state index contributed by atoms with van der Waals surface area (Å²) in [6.07, 6.45) is -0.340. The van der Waals surface area contributed by atoms with Crippen molar-refractivity contribution in [2.24, 2.45) is 0 Å². The van der Waals surface area contributed by atoms with Crippen LogP contribution < -0.4 is 0 Å². The van der Waals surface area contributed by atoms with E-state index in [1.165, 1.54) is 0 Å². The van der Waals surface area contributed by atoms with Crippen LogP contribution in [0.15, 0.2) is 54.6 Å². The number of benzene rings is 2. The summed E-state index contributed by atoms with van der Waals surface area (Å²) in [4.78, 5) is 27.9. The Hall–Kier alpha value is -2.27. The van der Waals surface area contributed by atoms with E-state index in [9.17, 15) is 9.59 Å². The van der Waals surface area contributed by atoms with Crippen LogP contribution >= 0.6 is 0 Å². The summed E-state index contributed by atoms with van der Waals surface area (Å²) in [5.74, 6) is -0.492. The van der Waals surface area contributed by atoms with Crippen LogP contribution in [0, 0.1) is 0 Å². The third-order valence-corrected chi connectivity index (χ3v) is 17.6. The standard InChI is InChI=1S/C31H47NO5Si2/c1-30(2,3)38(7,8)36-26-20-32(21-27(26)37-39(9,10)31(4,5)6)28(33)24-16-18-25(19-17-24)29(34)35-22-23-14-12-11-13-15-23/h11-19,26-27H,20-22H2,1-10H3/t26-,27-/m0/s1. The molecule has 1 amide bonds. The zero-order valence-electron chi connectivity index (χ0n) is 25.5. The molecule has 0 spiro atoms. The van der Waals surface area contributed by atoms with Gasteiger partial charge in [-0.05, 0) is 66.1 Å². The van der Waals surface area contributed by atoms with Crippen molar-refractivity contribution < 1.29 is 23.2 Å². The van der Waals surface area contributed by atoms with E-state index in [1.54, 1.807) is 24.3 Å². The fourth-order valence-corrected chi connectivity index (χ4v) is 6.66. The van der Waals surface area contributed by atoms with Crippen LogP contribution in [0.4, 0.5) is 0 Å². The van der Waals surface area contributed by atoms with Gasteiger partial charge < -0.3 is 18.5 Å². The number of carbonyl (C=O) groups excluding carboxylic acids is 2. The molecular formula is C31H47NO5Si2. The van der Waals surface area contributed by atoms with Crippen LogP contribution in [0.1, 0.15) is 67.8 Å². The highest BCUT2D eigenvalue weighted by Crippen LogP contribution is 2.41. The zero-order chi connectivity index (χ0) is 29.2. The minimum absolute atomic E-state index is 0.0525. The fourth-order valence-electron chi connectivity index (χ4n) is 3.98. The molecule has 39 heavy (non-hydrogen) atoms. The molecule has 2 aromatic rings. The molecule has 0 radical (unpaired) electrons. The molecular weight excluding hydrogens is 523 g/mol. The van der Waals surface area contributed by atoms with Crippen molar-refractivity contribution in [3.63, 3.8) is 0 Å². The molecule has 0 unspecified atom stereocenters. The molecule has 3 rings (SSSR count). The quantitative estimate of drug-likeness (QED) is 0.247. The van der Waals surface area contributed by atoms with Gasteiger partial charge in [0.25, 0.3) is 5.91 Å². The van der Waals surface area contributed by atoms with Gasteiger partial charge in [0.05, 0.1) is 17.8 Å². The lowest BCUT2D eigenvalue weighted by atomic mass is 10.1. The first kappa shape index (κ1) is 31.3. The summed E-state index contributed by atoms with van der Waals surface area (Å²) in [6.45, 7) is 23.6. The van der Waals surface area contributed by atoms with Gasteiger partial charge in [-0.1, -0.05) is 71.9 Å². The second-order valence-electron chi connectivity index (χ2n) is 13.7. The van der Waals surface area contributed by atoms with E-state index in [0.717, 1.165) is 5.56 Å². The summed E-state index contributed by atoms with van der Waals surface area (Å²) in [6, 6.07) is 16.3. The largest absolute Gasteiger partial charge is 0.457 e. The number of amides is 1. The van der Waals surface area contributed by atoms with Crippen molar-refractivity contribution in [1.29, 1.82) is 0 Å². The second kappa shape index (κ2) is 11.7. The Labute approximate surface area is 237 Å². The summed E-state index contributed by atoms with van der Waals surface area (Å²) in [5, 5.41) is 0.105. The first-order valence-electron chi connectivity index (χ1n) is 13.9. The van der Waals surface area contributed by atoms with Crippen LogP contribution in [0.25, 0.3) is 0 Å². The van der Waals surface area contributed by atoms with Crippen molar-refractivity contribution in [2.75, 3.05) is 13.1 Å². The first-order chi connectivity index (χ1) is 17.9. The molecule has 0 aliphatic carbocycles. The predicted octanol–water partition coefficient (Wildman–Crippen LogP) is 7.28. The van der Waals surface area contributed by atoms with Gasteiger partial charge in [0.1, 0.15) is 6.61 Å². The number of esters is 1. The Morgan fingerprint density at radius 2 is 1.18 bits per heavy atom. The van der Waals surface area contributed by atoms with Gasteiger partial charge in [0, 0.05) is 18.7 Å². The monoisotopic (exact) mass is 569 g/mol. The number of nitrogens with zero attached hydrogens (tertiary/aromatic N) is 1. The lowest BCUT2D eigenvalue weighted by Gasteiger charge is -2.42. The van der Waals surface area contributed by atoms with Crippen molar-refractivity contribution >= 4 is 28.5 Å². The maximum absolute atomic E-state index is 13.6. The maximum Gasteiger partial charge on any atom is 0.338 e. The van der Waals surface area contributed by atoms with E-state index in [1.807, 2.05) is 35.2 Å². The van der Waals surface area contributed by atoms with E-state index in [2.05, 4.69) is 67.7 Å². The van der Waals surface area contributed by atoms with E-state index >= 15 is 0 Å². The number of hydrogen-bond donors (Lipinski definition) is 0. The number of hydrogen-bond acceptors (Lipinski definition) is 5. The molecule has 2 atom stereocenters. The van der Waals surface area contributed by atoms with Crippen molar-refractivity contribution in [3.8, 4) is 0 Å². The molecule has 214 valence electrons. The predicted molar refractivity (Wildman–Crippen MR) is 162 cm³/mol. The normalized spacial score (nSPS) is 18.8. The molecule has 0 saturated carbocycles. The SMILES string of the molecule is CC(C)(C)[Si](C)(C)O[C@H]1CN(C(=O)c2ccc(C(=O)OCc3ccccc3)cc2)C[C@@H]1O[Si](C)(C)C(C)(C)C. The van der Waals surface area contributed by atoms with Crippen LogP contribution in [-0.2, 0) is 20.2 Å². The van der Waals surface area contributed by atoms with E-state index in [-0.39, 0.29) is 34.8 Å². The van der Waals surface area contributed by atoms with Gasteiger partial charge in [-0.3, -0.25) is 4.79 Å². The molecule has 1 aliphatic heterocycles. The van der Waals surface area contributed by atoms with Crippen LogP contribution in [0.3, 0.4) is 0 Å². The Kier molecular flexibility index (Phi) is 9.37. The van der Waals surface area contributed by atoms with E-state index in [0.29, 0.717) is 24.2 Å². The second-order valence-corrected chi connectivity index (χ2v) is 23.2. The molecule has 1 fully saturated rings. The Morgan fingerprint density at radius 1 is 0.744 bits per heavy atom. The van der Waals surface area contributed by atoms with E-state index in [4.69, 9.17) is 13.6 Å². The smallest absolute Gasteiger partial charge is 0.338 e. The lowest BCUT2D eigenvalue weighted by Crippen LogP contribution is -2.51. The van der Waals surface area contributed by atoms with Crippen LogP contribution in [-0.4, -0.2) is 58.7 Å². The summed E-state index contributed by atoms with van der Waals surface area (Å²) < 4.78 is 19.1. The molecule has 1 aliphatic rings. The Morgan fingerprint density at radius 3 is 1.62 bits per heavy atom. The molecule has 0 bridgehead atoms. The molecule has 1 heterocycles. The highest BCUT2D eigenvalue weighted by Gasteiger charge is 2.48. The van der Waals surface area contributed by atoms with Gasteiger partial charge in [0.2, 0.25) is 0 Å². The topological polar surface area (TPSA) is 65.1 Å². The molecule has 8 heteroatoms. The number of carbonyl (C=O) groups is 2. The molecule has 0 N–H and O–H groups in total. The van der Waals surface area contributed by atoms with Gasteiger partial charge >= 0.3 is 5.97 Å². The van der Waals surface area contributed by atoms with Crippen molar-refractivity contribution in [1.82, 2.24) is 4.90 Å². The average Bonchev–Trinajstić information content (AvgIpc) is 3.22. The molecule has 1 saturated heterocycles. The highest BCUT2D eigenvalue weighted by molar-refractivity contribution is 6.74. The third kappa shape index (κ3) is 7.69. The lowest BCUT2D eigenvalue weighted by molar-refractivity contribution is 0.0472. The molecule has 0 aromatic heterocycles. The van der Waals surface area contributed by atoms with E-state index < -0.39 is 22.6 Å². The first-order valence-corrected chi connectivity index (χ1v) is 19.7. The number of ether oxygens (including phenoxy) is 1. The average molecular weight is 570 g/mol. The maximum atomic E-state index is 13.6. The van der Waals surface area contributed by atoms with Crippen LogP contribution in [0.2, 0.25) is 36.3 Å². The number of rotatable bonds is 8. The minimum Gasteiger partial charge on any atom is -0.457 e. The molecule has 2 aromatic carbocycles. The summed E-state index contributed by atoms with van der Waals surface area (Å²) in [5.41, 5.74) is 1.88. The zero-order valence-corrected chi connectivity index (χ0v) is 27.5. The Bertz CT molecular complexity index is 1100. The van der Waals surface area contributed by atoms with Gasteiger partial charge in [-0.2, -0.15) is 0 Å². The van der Waals surface area contributed by atoms with Crippen molar-refractivity contribution in [3.05, 3.63) is 71.3 Å². The van der Waals surface area contributed by atoms with Crippen LogP contribution in [0.5, 0.6) is 0 Å². The number of likely N-dealkylation sites (tertiary alicyclic amines) is 1. The summed E-state index contributed by atoms with van der Waals surface area (Å²) in [7, 11) is -4.17. The molecule has 6 nitrogen and oxygen atoms in total. The van der Waals surface area contributed by atoms with Gasteiger partial charge in [-0.25, -0.2) is 4.79 Å². The summed E-state index contributed by atoms with van der Waals surface area (Å²) >= 11 is 0. The van der Waals surface area contributed by atoms with Crippen molar-refractivity contribution in [2.45, 2.75) is 96.6 Å². The van der Waals surface area contributed by atoms with Gasteiger partial charge in [-0.15, -0.1) is 0 Å². The Balaban J connectivity index is 1.73. The van der Waals surface area contributed by atoms with Gasteiger partial charge in [0.15, 0.2) is 16.6 Å².